The second-order valence-electron chi connectivity index (χ2n) is 4.69. The van der Waals surface area contributed by atoms with Crippen molar-refractivity contribution in [2.24, 2.45) is 0 Å². The first-order chi connectivity index (χ1) is 11.0. The first-order valence-electron chi connectivity index (χ1n) is 6.72. The summed E-state index contributed by atoms with van der Waals surface area (Å²) in [6.45, 7) is -3.02. The molecule has 122 valence electrons. The summed E-state index contributed by atoms with van der Waals surface area (Å²) in [7, 11) is 0. The number of halogens is 3. The number of hydrogen-bond acceptors (Lipinski definition) is 3. The lowest BCUT2D eigenvalue weighted by atomic mass is 10.1. The number of nitrogens with one attached hydrogen (secondary N) is 1. The van der Waals surface area contributed by atoms with Crippen molar-refractivity contribution in [1.82, 2.24) is 5.32 Å². The molecule has 0 aromatic heterocycles. The number of carbonyl (C=O) groups is 1. The lowest BCUT2D eigenvalue weighted by Crippen LogP contribution is -2.28. The Bertz CT molecular complexity index is 682. The van der Waals surface area contributed by atoms with Crippen LogP contribution < -0.4 is 10.1 Å². The zero-order valence-corrected chi connectivity index (χ0v) is 12.6. The van der Waals surface area contributed by atoms with Crippen molar-refractivity contribution in [1.29, 1.82) is 0 Å². The van der Waals surface area contributed by atoms with Gasteiger partial charge in [0.1, 0.15) is 5.75 Å². The molecule has 1 amide bonds. The molecule has 0 saturated heterocycles. The van der Waals surface area contributed by atoms with Crippen LogP contribution in [0.4, 0.5) is 8.78 Å². The van der Waals surface area contributed by atoms with Crippen molar-refractivity contribution in [3.63, 3.8) is 0 Å². The van der Waals surface area contributed by atoms with Crippen molar-refractivity contribution >= 4 is 17.5 Å². The largest absolute Gasteiger partial charge is 0.435 e. The first kappa shape index (κ1) is 17.2. The fourth-order valence-corrected chi connectivity index (χ4v) is 2.13. The molecule has 1 unspecified atom stereocenters. The molecule has 0 saturated carbocycles. The SMILES string of the molecule is O=C(NCC(O)c1cccc(OC(F)F)c1)c1cccc(Cl)c1. The van der Waals surface area contributed by atoms with Gasteiger partial charge in [-0.2, -0.15) is 8.78 Å². The molecular formula is C16H14ClF2NO3. The normalized spacial score (nSPS) is 12.0. The van der Waals surface area contributed by atoms with Crippen molar-refractivity contribution in [3.05, 3.63) is 64.7 Å². The average Bonchev–Trinajstić information content (AvgIpc) is 2.52. The quantitative estimate of drug-likeness (QED) is 0.846. The van der Waals surface area contributed by atoms with Crippen LogP contribution in [0.25, 0.3) is 0 Å². The molecule has 0 fully saturated rings. The third kappa shape index (κ3) is 5.19. The van der Waals surface area contributed by atoms with Gasteiger partial charge in [-0.25, -0.2) is 0 Å². The molecule has 23 heavy (non-hydrogen) atoms. The molecule has 2 rings (SSSR count). The Morgan fingerprint density at radius 3 is 2.65 bits per heavy atom. The van der Waals surface area contributed by atoms with E-state index >= 15 is 0 Å². The minimum atomic E-state index is -2.94. The molecule has 0 aliphatic carbocycles. The van der Waals surface area contributed by atoms with Gasteiger partial charge >= 0.3 is 6.61 Å². The van der Waals surface area contributed by atoms with Gasteiger partial charge in [-0.05, 0) is 35.9 Å². The molecule has 0 radical (unpaired) electrons. The van der Waals surface area contributed by atoms with Crippen LogP contribution in [0.15, 0.2) is 48.5 Å². The fraction of sp³-hybridized carbons (Fsp3) is 0.188. The second kappa shape index (κ2) is 7.89. The molecule has 2 N–H and O–H groups in total. The number of rotatable bonds is 6. The maximum absolute atomic E-state index is 12.2. The van der Waals surface area contributed by atoms with E-state index in [-0.39, 0.29) is 12.3 Å². The summed E-state index contributed by atoms with van der Waals surface area (Å²) in [4.78, 5) is 11.9. The van der Waals surface area contributed by atoms with Crippen LogP contribution >= 0.6 is 11.6 Å². The van der Waals surface area contributed by atoms with E-state index in [1.807, 2.05) is 0 Å². The number of benzene rings is 2. The first-order valence-corrected chi connectivity index (χ1v) is 7.10. The molecular weight excluding hydrogens is 328 g/mol. The maximum Gasteiger partial charge on any atom is 0.387 e. The molecule has 0 aliphatic heterocycles. The third-order valence-electron chi connectivity index (χ3n) is 3.01. The molecule has 0 bridgehead atoms. The minimum Gasteiger partial charge on any atom is -0.435 e. The monoisotopic (exact) mass is 341 g/mol. The summed E-state index contributed by atoms with van der Waals surface area (Å²) in [5.74, 6) is -0.454. The van der Waals surface area contributed by atoms with E-state index in [0.29, 0.717) is 16.1 Å². The molecule has 1 atom stereocenters. The third-order valence-corrected chi connectivity index (χ3v) is 3.25. The van der Waals surface area contributed by atoms with Crippen molar-refractivity contribution in [3.8, 4) is 5.75 Å². The van der Waals surface area contributed by atoms with Gasteiger partial charge in [0.05, 0.1) is 6.10 Å². The molecule has 0 heterocycles. The van der Waals surface area contributed by atoms with Crippen LogP contribution in [0, 0.1) is 0 Å². The standard InChI is InChI=1S/C16H14ClF2NO3/c17-12-5-1-4-11(7-12)15(22)20-9-14(21)10-3-2-6-13(8-10)23-16(18)19/h1-8,14,16,21H,9H2,(H,20,22). The zero-order chi connectivity index (χ0) is 16.8. The van der Waals surface area contributed by atoms with E-state index in [0.717, 1.165) is 0 Å². The summed E-state index contributed by atoms with van der Waals surface area (Å²) in [6.07, 6.45) is -1.06. The maximum atomic E-state index is 12.2. The van der Waals surface area contributed by atoms with Crippen molar-refractivity contribution < 1.29 is 23.4 Å². The van der Waals surface area contributed by atoms with Crippen LogP contribution in [0.1, 0.15) is 22.0 Å². The Kier molecular flexibility index (Phi) is 5.90. The Hall–Kier alpha value is -2.18. The number of carbonyl (C=O) groups excluding carboxylic acids is 1. The van der Waals surface area contributed by atoms with Gasteiger partial charge in [0, 0.05) is 17.1 Å². The van der Waals surface area contributed by atoms with Crippen LogP contribution in [0.5, 0.6) is 5.75 Å². The number of amides is 1. The molecule has 0 aliphatic rings. The van der Waals surface area contributed by atoms with Crippen LogP contribution in [-0.4, -0.2) is 24.2 Å². The van der Waals surface area contributed by atoms with Gasteiger partial charge in [-0.15, -0.1) is 0 Å². The summed E-state index contributed by atoms with van der Waals surface area (Å²) >= 11 is 5.80. The molecule has 2 aromatic carbocycles. The van der Waals surface area contributed by atoms with Crippen LogP contribution in [0.2, 0.25) is 5.02 Å². The highest BCUT2D eigenvalue weighted by atomic mass is 35.5. The number of alkyl halides is 2. The Labute approximate surface area is 136 Å². The predicted molar refractivity (Wildman–Crippen MR) is 81.8 cm³/mol. The van der Waals surface area contributed by atoms with E-state index in [9.17, 15) is 18.7 Å². The van der Waals surface area contributed by atoms with Gasteiger partial charge in [-0.3, -0.25) is 4.79 Å². The van der Waals surface area contributed by atoms with Gasteiger partial charge in [-0.1, -0.05) is 29.8 Å². The second-order valence-corrected chi connectivity index (χ2v) is 5.12. The summed E-state index contributed by atoms with van der Waals surface area (Å²) in [5.41, 5.74) is 0.717. The highest BCUT2D eigenvalue weighted by Crippen LogP contribution is 2.20. The number of hydrogen-bond donors (Lipinski definition) is 2. The van der Waals surface area contributed by atoms with Gasteiger partial charge in [0.2, 0.25) is 0 Å². The number of aliphatic hydroxyl groups is 1. The van der Waals surface area contributed by atoms with Gasteiger partial charge in [0.15, 0.2) is 0 Å². The van der Waals surface area contributed by atoms with Crippen LogP contribution in [-0.2, 0) is 0 Å². The molecule has 0 spiro atoms. The van der Waals surface area contributed by atoms with Crippen molar-refractivity contribution in [2.45, 2.75) is 12.7 Å². The summed E-state index contributed by atoms with van der Waals surface area (Å²) < 4.78 is 28.6. The Morgan fingerprint density at radius 1 is 1.22 bits per heavy atom. The zero-order valence-electron chi connectivity index (χ0n) is 11.9. The lowest BCUT2D eigenvalue weighted by Gasteiger charge is -2.14. The van der Waals surface area contributed by atoms with Gasteiger partial charge in [0.25, 0.3) is 5.91 Å². The lowest BCUT2D eigenvalue weighted by molar-refractivity contribution is -0.0499. The summed E-state index contributed by atoms with van der Waals surface area (Å²) in [5, 5.41) is 13.0. The predicted octanol–water partition coefficient (Wildman–Crippen LogP) is 3.40. The number of aliphatic hydroxyl groups excluding tert-OH is 1. The van der Waals surface area contributed by atoms with E-state index in [2.05, 4.69) is 10.1 Å². The topological polar surface area (TPSA) is 58.6 Å². The Balaban J connectivity index is 1.96. The van der Waals surface area contributed by atoms with E-state index in [4.69, 9.17) is 11.6 Å². The summed E-state index contributed by atoms with van der Waals surface area (Å²) in [6, 6.07) is 12.0. The van der Waals surface area contributed by atoms with E-state index in [1.54, 1.807) is 24.3 Å². The molecule has 2 aromatic rings. The minimum absolute atomic E-state index is 0.0577. The van der Waals surface area contributed by atoms with E-state index < -0.39 is 18.6 Å². The Morgan fingerprint density at radius 2 is 1.96 bits per heavy atom. The highest BCUT2D eigenvalue weighted by molar-refractivity contribution is 6.30. The average molecular weight is 342 g/mol. The van der Waals surface area contributed by atoms with Crippen molar-refractivity contribution in [2.75, 3.05) is 6.54 Å². The molecule has 4 nitrogen and oxygen atoms in total. The molecule has 7 heteroatoms. The van der Waals surface area contributed by atoms with E-state index in [1.165, 1.54) is 24.3 Å². The highest BCUT2D eigenvalue weighted by Gasteiger charge is 2.13. The van der Waals surface area contributed by atoms with Gasteiger partial charge < -0.3 is 15.2 Å². The number of ether oxygens (including phenoxy) is 1. The fourth-order valence-electron chi connectivity index (χ4n) is 1.94. The smallest absolute Gasteiger partial charge is 0.387 e. The van der Waals surface area contributed by atoms with Crippen LogP contribution in [0.3, 0.4) is 0 Å².